The fourth-order valence-corrected chi connectivity index (χ4v) is 2.75. The lowest BCUT2D eigenvalue weighted by Gasteiger charge is -2.27. The third-order valence-corrected chi connectivity index (χ3v) is 3.95. The van der Waals surface area contributed by atoms with Crippen molar-refractivity contribution in [3.8, 4) is 11.5 Å². The van der Waals surface area contributed by atoms with Gasteiger partial charge in [0.05, 0.1) is 26.5 Å². The second-order valence-corrected chi connectivity index (χ2v) is 5.66. The van der Waals surface area contributed by atoms with Crippen molar-refractivity contribution >= 4 is 5.91 Å². The summed E-state index contributed by atoms with van der Waals surface area (Å²) in [6.45, 7) is 3.81. The van der Waals surface area contributed by atoms with E-state index in [9.17, 15) is 4.79 Å². The van der Waals surface area contributed by atoms with E-state index in [1.165, 1.54) is 0 Å². The van der Waals surface area contributed by atoms with Gasteiger partial charge in [0.1, 0.15) is 6.61 Å². The SMILES string of the molecule is COc1cccc(CN2CCNC(=O)C2)c1OCCn1ccnc1. The Morgan fingerprint density at radius 3 is 3.04 bits per heavy atom. The molecule has 1 saturated heterocycles. The first-order chi connectivity index (χ1) is 11.8. The van der Waals surface area contributed by atoms with Gasteiger partial charge in [-0.1, -0.05) is 12.1 Å². The molecular weight excluding hydrogens is 308 g/mol. The van der Waals surface area contributed by atoms with E-state index in [1.54, 1.807) is 19.6 Å². The zero-order chi connectivity index (χ0) is 16.8. The highest BCUT2D eigenvalue weighted by Gasteiger charge is 2.19. The van der Waals surface area contributed by atoms with Crippen molar-refractivity contribution in [3.63, 3.8) is 0 Å². The molecule has 0 aliphatic carbocycles. The van der Waals surface area contributed by atoms with E-state index in [2.05, 4.69) is 15.2 Å². The van der Waals surface area contributed by atoms with Gasteiger partial charge in [0, 0.05) is 37.6 Å². The number of benzene rings is 1. The van der Waals surface area contributed by atoms with Crippen LogP contribution in [0.5, 0.6) is 11.5 Å². The number of ether oxygens (including phenoxy) is 2. The minimum atomic E-state index is 0.0618. The molecular formula is C17H22N4O3. The van der Waals surface area contributed by atoms with E-state index in [4.69, 9.17) is 9.47 Å². The molecule has 0 saturated carbocycles. The molecule has 24 heavy (non-hydrogen) atoms. The second kappa shape index (κ2) is 7.83. The second-order valence-electron chi connectivity index (χ2n) is 5.66. The zero-order valence-corrected chi connectivity index (χ0v) is 13.8. The molecule has 1 aliphatic rings. The molecule has 1 amide bonds. The number of hydrogen-bond acceptors (Lipinski definition) is 5. The van der Waals surface area contributed by atoms with Gasteiger partial charge < -0.3 is 19.4 Å². The molecule has 7 nitrogen and oxygen atoms in total. The van der Waals surface area contributed by atoms with E-state index < -0.39 is 0 Å². The van der Waals surface area contributed by atoms with Crippen LogP contribution in [0.4, 0.5) is 0 Å². The van der Waals surface area contributed by atoms with Gasteiger partial charge in [0.2, 0.25) is 5.91 Å². The van der Waals surface area contributed by atoms with Gasteiger partial charge in [0.15, 0.2) is 11.5 Å². The van der Waals surface area contributed by atoms with Gasteiger partial charge in [-0.15, -0.1) is 0 Å². The van der Waals surface area contributed by atoms with E-state index in [0.29, 0.717) is 38.5 Å². The summed E-state index contributed by atoms with van der Waals surface area (Å²) in [5, 5.41) is 2.84. The maximum atomic E-state index is 11.6. The van der Waals surface area contributed by atoms with Gasteiger partial charge in [-0.25, -0.2) is 4.98 Å². The summed E-state index contributed by atoms with van der Waals surface area (Å²) in [6, 6.07) is 5.85. The fraction of sp³-hybridized carbons (Fsp3) is 0.412. The van der Waals surface area contributed by atoms with Crippen molar-refractivity contribution in [3.05, 3.63) is 42.5 Å². The smallest absolute Gasteiger partial charge is 0.234 e. The van der Waals surface area contributed by atoms with Crippen LogP contribution in [0.3, 0.4) is 0 Å². The Balaban J connectivity index is 1.69. The molecule has 128 valence electrons. The third kappa shape index (κ3) is 4.05. The van der Waals surface area contributed by atoms with Gasteiger partial charge in [-0.3, -0.25) is 9.69 Å². The third-order valence-electron chi connectivity index (χ3n) is 3.95. The Labute approximate surface area is 141 Å². The number of imidazole rings is 1. The van der Waals surface area contributed by atoms with Crippen LogP contribution in [0.15, 0.2) is 36.9 Å². The molecule has 7 heteroatoms. The van der Waals surface area contributed by atoms with Crippen molar-refractivity contribution in [2.45, 2.75) is 13.1 Å². The summed E-state index contributed by atoms with van der Waals surface area (Å²) >= 11 is 0. The van der Waals surface area contributed by atoms with Crippen LogP contribution < -0.4 is 14.8 Å². The van der Waals surface area contributed by atoms with Crippen LogP contribution >= 0.6 is 0 Å². The number of para-hydroxylation sites is 1. The highest BCUT2D eigenvalue weighted by Crippen LogP contribution is 2.32. The lowest BCUT2D eigenvalue weighted by molar-refractivity contribution is -0.124. The number of nitrogens with zero attached hydrogens (tertiary/aromatic N) is 3. The Morgan fingerprint density at radius 1 is 1.38 bits per heavy atom. The highest BCUT2D eigenvalue weighted by molar-refractivity contribution is 5.78. The number of nitrogens with one attached hydrogen (secondary N) is 1. The van der Waals surface area contributed by atoms with Crippen LogP contribution in [-0.4, -0.2) is 53.7 Å². The summed E-state index contributed by atoms with van der Waals surface area (Å²) in [5.41, 5.74) is 1.02. The molecule has 2 aromatic rings. The molecule has 1 aromatic heterocycles. The van der Waals surface area contributed by atoms with Gasteiger partial charge in [-0.2, -0.15) is 0 Å². The Hall–Kier alpha value is -2.54. The van der Waals surface area contributed by atoms with Crippen LogP contribution in [0, 0.1) is 0 Å². The van der Waals surface area contributed by atoms with Crippen LogP contribution in [-0.2, 0) is 17.9 Å². The number of methoxy groups -OCH3 is 1. The standard InChI is InChI=1S/C17H22N4O3/c1-23-15-4-2-3-14(11-21-8-6-19-16(22)12-21)17(15)24-10-9-20-7-5-18-13-20/h2-5,7,13H,6,8-12H2,1H3,(H,19,22). The maximum Gasteiger partial charge on any atom is 0.234 e. The molecule has 1 N–H and O–H groups in total. The van der Waals surface area contributed by atoms with Crippen molar-refractivity contribution in [1.29, 1.82) is 0 Å². The Morgan fingerprint density at radius 2 is 2.29 bits per heavy atom. The molecule has 3 rings (SSSR count). The Bertz CT molecular complexity index is 672. The van der Waals surface area contributed by atoms with Gasteiger partial charge >= 0.3 is 0 Å². The molecule has 1 aliphatic heterocycles. The summed E-state index contributed by atoms with van der Waals surface area (Å²) < 4.78 is 13.4. The van der Waals surface area contributed by atoms with E-state index in [0.717, 1.165) is 17.9 Å². The number of aromatic nitrogens is 2. The average molecular weight is 330 g/mol. The topological polar surface area (TPSA) is 68.6 Å². The van der Waals surface area contributed by atoms with Gasteiger partial charge in [0.25, 0.3) is 0 Å². The first-order valence-corrected chi connectivity index (χ1v) is 8.00. The van der Waals surface area contributed by atoms with Crippen molar-refractivity contribution in [2.24, 2.45) is 0 Å². The number of amides is 1. The minimum Gasteiger partial charge on any atom is -0.493 e. The average Bonchev–Trinajstić information content (AvgIpc) is 3.09. The number of carbonyl (C=O) groups excluding carboxylic acids is 1. The van der Waals surface area contributed by atoms with Crippen molar-refractivity contribution in [2.75, 3.05) is 33.4 Å². The molecule has 0 bridgehead atoms. The highest BCUT2D eigenvalue weighted by atomic mass is 16.5. The maximum absolute atomic E-state index is 11.6. The first kappa shape index (κ1) is 16.3. The van der Waals surface area contributed by atoms with Crippen LogP contribution in [0.1, 0.15) is 5.56 Å². The normalized spacial score (nSPS) is 15.1. The zero-order valence-electron chi connectivity index (χ0n) is 13.8. The summed E-state index contributed by atoms with van der Waals surface area (Å²) in [7, 11) is 1.64. The molecule has 0 radical (unpaired) electrons. The van der Waals surface area contributed by atoms with E-state index >= 15 is 0 Å². The van der Waals surface area contributed by atoms with Crippen molar-refractivity contribution < 1.29 is 14.3 Å². The molecule has 0 unspecified atom stereocenters. The molecule has 2 heterocycles. The number of piperazine rings is 1. The number of rotatable bonds is 7. The molecule has 0 spiro atoms. The molecule has 1 fully saturated rings. The minimum absolute atomic E-state index is 0.0618. The summed E-state index contributed by atoms with van der Waals surface area (Å²) in [4.78, 5) is 17.7. The lowest BCUT2D eigenvalue weighted by Crippen LogP contribution is -2.47. The van der Waals surface area contributed by atoms with E-state index in [1.807, 2.05) is 29.0 Å². The number of hydrogen-bond donors (Lipinski definition) is 1. The predicted octanol–water partition coefficient (Wildman–Crippen LogP) is 0.902. The predicted molar refractivity (Wildman–Crippen MR) is 89.0 cm³/mol. The number of carbonyl (C=O) groups is 1. The quantitative estimate of drug-likeness (QED) is 0.817. The fourth-order valence-electron chi connectivity index (χ4n) is 2.75. The summed E-state index contributed by atoms with van der Waals surface area (Å²) in [5.74, 6) is 1.51. The van der Waals surface area contributed by atoms with Crippen LogP contribution in [0.25, 0.3) is 0 Å². The first-order valence-electron chi connectivity index (χ1n) is 8.00. The van der Waals surface area contributed by atoms with Gasteiger partial charge in [-0.05, 0) is 6.07 Å². The molecule has 1 aromatic carbocycles. The largest absolute Gasteiger partial charge is 0.493 e. The van der Waals surface area contributed by atoms with Crippen molar-refractivity contribution in [1.82, 2.24) is 19.8 Å². The lowest BCUT2D eigenvalue weighted by atomic mass is 10.1. The molecule has 0 atom stereocenters. The monoisotopic (exact) mass is 330 g/mol. The van der Waals surface area contributed by atoms with Crippen LogP contribution in [0.2, 0.25) is 0 Å². The van der Waals surface area contributed by atoms with E-state index in [-0.39, 0.29) is 5.91 Å². The Kier molecular flexibility index (Phi) is 5.32. The summed E-state index contributed by atoms with van der Waals surface area (Å²) in [6.07, 6.45) is 5.41.